The van der Waals surface area contributed by atoms with Crippen molar-refractivity contribution in [3.05, 3.63) is 59.7 Å². The summed E-state index contributed by atoms with van der Waals surface area (Å²) in [5, 5.41) is 58.1. The maximum atomic E-state index is 13.4. The molecule has 0 aromatic heterocycles. The van der Waals surface area contributed by atoms with Crippen LogP contribution < -0.4 is 0 Å². The molecule has 0 radical (unpaired) electrons. The van der Waals surface area contributed by atoms with E-state index in [9.17, 15) is 30.3 Å². The van der Waals surface area contributed by atoms with E-state index in [2.05, 4.69) is 6.58 Å². The lowest BCUT2D eigenvalue weighted by Gasteiger charge is -2.62. The molecule has 10 heteroatoms. The normalized spacial score (nSPS) is 53.4. The molecule has 0 unspecified atom stereocenters. The van der Waals surface area contributed by atoms with Crippen molar-refractivity contribution in [2.75, 3.05) is 0 Å². The number of esters is 1. The second-order valence-corrected chi connectivity index (χ2v) is 12.3. The van der Waals surface area contributed by atoms with Gasteiger partial charge in [-0.3, -0.25) is 0 Å². The van der Waals surface area contributed by atoms with Gasteiger partial charge in [-0.25, -0.2) is 4.79 Å². The van der Waals surface area contributed by atoms with Gasteiger partial charge in [-0.1, -0.05) is 37.8 Å². The first-order chi connectivity index (χ1) is 18.1. The van der Waals surface area contributed by atoms with Crippen LogP contribution >= 0.6 is 0 Å². The van der Waals surface area contributed by atoms with Crippen LogP contribution in [0.5, 0.6) is 0 Å². The molecule has 2 saturated heterocycles. The van der Waals surface area contributed by atoms with Gasteiger partial charge in [0, 0.05) is 24.7 Å². The topological polar surface area (TPSA) is 155 Å². The number of aliphatic hydroxyl groups excluding tert-OH is 3. The lowest BCUT2D eigenvalue weighted by Crippen LogP contribution is -2.77. The van der Waals surface area contributed by atoms with Crippen molar-refractivity contribution in [2.45, 2.75) is 93.5 Å². The molecule has 6 rings (SSSR count). The minimum atomic E-state index is -2.36. The molecule has 0 amide bonds. The summed E-state index contributed by atoms with van der Waals surface area (Å²) in [6.07, 6.45) is -5.83. The SMILES string of the molecule is C=C(C)[C@@]12O[C@@]3(C)O[C@@H]1[C@@H]1[C@H](O)[C@@](C)(O)[C@@H](O)[C@@]4(O)[C@@H](C=C(C)[C@@H]4O)[C@@]1(O3)[C@H](C)[C@@H]2OC(=O)c1ccccc1. The molecule has 2 saturated carbocycles. The molecule has 2 aliphatic heterocycles. The number of fused-ring (bicyclic) bond motifs is 2. The van der Waals surface area contributed by atoms with E-state index in [1.807, 2.05) is 0 Å². The summed E-state index contributed by atoms with van der Waals surface area (Å²) in [5.41, 5.74) is -6.71. The number of aliphatic hydroxyl groups is 5. The van der Waals surface area contributed by atoms with Crippen molar-refractivity contribution >= 4 is 5.97 Å². The predicted molar refractivity (Wildman–Crippen MR) is 135 cm³/mol. The number of carbonyl (C=O) groups excluding carboxylic acids is 1. The summed E-state index contributed by atoms with van der Waals surface area (Å²) in [4.78, 5) is 13.4. The van der Waals surface area contributed by atoms with E-state index in [1.165, 1.54) is 6.92 Å². The third kappa shape index (κ3) is 3.01. The molecular weight excluding hydrogens is 508 g/mol. The van der Waals surface area contributed by atoms with Crippen molar-refractivity contribution < 1.29 is 49.3 Å². The molecule has 1 aromatic rings. The summed E-state index contributed by atoms with van der Waals surface area (Å²) in [6, 6.07) is 8.43. The zero-order valence-electron chi connectivity index (χ0n) is 22.6. The van der Waals surface area contributed by atoms with E-state index < -0.39 is 82.6 Å². The summed E-state index contributed by atoms with van der Waals surface area (Å²) >= 11 is 0. The molecule has 212 valence electrons. The third-order valence-corrected chi connectivity index (χ3v) is 10.0. The zero-order chi connectivity index (χ0) is 28.5. The molecule has 2 heterocycles. The largest absolute Gasteiger partial charge is 0.455 e. The minimum absolute atomic E-state index is 0.305. The second-order valence-electron chi connectivity index (χ2n) is 12.3. The highest BCUT2D eigenvalue weighted by Gasteiger charge is 2.85. The highest BCUT2D eigenvalue weighted by molar-refractivity contribution is 5.89. The molecule has 1 aromatic carbocycles. The first kappa shape index (κ1) is 27.0. The molecule has 3 aliphatic carbocycles. The van der Waals surface area contributed by atoms with Gasteiger partial charge in [-0.2, -0.15) is 0 Å². The van der Waals surface area contributed by atoms with Crippen molar-refractivity contribution in [2.24, 2.45) is 17.8 Å². The molecule has 13 atom stereocenters. The van der Waals surface area contributed by atoms with Crippen molar-refractivity contribution in [1.29, 1.82) is 0 Å². The molecule has 5 N–H and O–H groups in total. The maximum absolute atomic E-state index is 13.4. The first-order valence-corrected chi connectivity index (χ1v) is 13.3. The number of carbonyl (C=O) groups is 1. The first-order valence-electron chi connectivity index (χ1n) is 13.3. The van der Waals surface area contributed by atoms with Gasteiger partial charge in [0.1, 0.15) is 35.6 Å². The summed E-state index contributed by atoms with van der Waals surface area (Å²) in [6.45, 7) is 12.0. The quantitative estimate of drug-likeness (QED) is 0.273. The van der Waals surface area contributed by atoms with Crippen LogP contribution in [0.15, 0.2) is 54.1 Å². The average molecular weight is 545 g/mol. The zero-order valence-corrected chi connectivity index (χ0v) is 22.6. The Morgan fingerprint density at radius 1 is 1.08 bits per heavy atom. The monoisotopic (exact) mass is 544 g/mol. The van der Waals surface area contributed by atoms with Crippen molar-refractivity contribution in [3.63, 3.8) is 0 Å². The molecule has 39 heavy (non-hydrogen) atoms. The molecule has 3 bridgehead atoms. The molecule has 10 nitrogen and oxygen atoms in total. The Morgan fingerprint density at radius 3 is 2.33 bits per heavy atom. The number of benzene rings is 1. The Labute approximate surface area is 226 Å². The van der Waals surface area contributed by atoms with E-state index >= 15 is 0 Å². The van der Waals surface area contributed by atoms with Crippen LogP contribution in [-0.2, 0) is 18.9 Å². The Hall–Kier alpha value is -2.15. The smallest absolute Gasteiger partial charge is 0.338 e. The standard InChI is InChI=1S/C29H36O10/c1-13(2)28-21(36-23(32)16-10-8-7-9-11-16)15(4)29-17-12-14(3)19(30)27(17,35)24(33)25(5,34)20(31)18(29)22(28)37-26(6,38-28)39-29/h7-12,15,17-22,24,30-31,33-35H,1H2,2-6H3/t15-,17-,18+,19+,20+,21+,22-,24-,25-,26-,27-,28+,29+/m1/s1. The summed E-state index contributed by atoms with van der Waals surface area (Å²) in [7, 11) is 0. The van der Waals surface area contributed by atoms with Gasteiger partial charge in [0.25, 0.3) is 5.97 Å². The minimum Gasteiger partial charge on any atom is -0.455 e. The van der Waals surface area contributed by atoms with Gasteiger partial charge < -0.3 is 44.5 Å². The summed E-state index contributed by atoms with van der Waals surface area (Å²) < 4.78 is 25.6. The fourth-order valence-corrected chi connectivity index (χ4v) is 8.26. The molecule has 5 aliphatic rings. The van der Waals surface area contributed by atoms with Crippen LogP contribution in [0.4, 0.5) is 0 Å². The van der Waals surface area contributed by atoms with Crippen LogP contribution in [0.2, 0.25) is 0 Å². The summed E-state index contributed by atoms with van der Waals surface area (Å²) in [5.74, 6) is -5.44. The van der Waals surface area contributed by atoms with Gasteiger partial charge >= 0.3 is 5.97 Å². The molecular formula is C29H36O10. The Bertz CT molecular complexity index is 1260. The van der Waals surface area contributed by atoms with Crippen LogP contribution in [0.25, 0.3) is 0 Å². The third-order valence-electron chi connectivity index (χ3n) is 10.0. The number of ether oxygens (including phenoxy) is 4. The second kappa shape index (κ2) is 7.98. The Balaban J connectivity index is 1.61. The van der Waals surface area contributed by atoms with Crippen LogP contribution in [0.3, 0.4) is 0 Å². The fourth-order valence-electron chi connectivity index (χ4n) is 8.26. The van der Waals surface area contributed by atoms with Gasteiger partial charge in [0.2, 0.25) is 0 Å². The Morgan fingerprint density at radius 2 is 1.72 bits per heavy atom. The number of hydrogen-bond donors (Lipinski definition) is 5. The van der Waals surface area contributed by atoms with E-state index in [0.29, 0.717) is 16.7 Å². The van der Waals surface area contributed by atoms with Crippen molar-refractivity contribution in [1.82, 2.24) is 0 Å². The van der Waals surface area contributed by atoms with Crippen molar-refractivity contribution in [3.8, 4) is 0 Å². The highest BCUT2D eigenvalue weighted by Crippen LogP contribution is 2.70. The van der Waals surface area contributed by atoms with Gasteiger partial charge in [-0.05, 0) is 44.1 Å². The van der Waals surface area contributed by atoms with E-state index in [-0.39, 0.29) is 0 Å². The lowest BCUT2D eigenvalue weighted by molar-refractivity contribution is -0.426. The van der Waals surface area contributed by atoms with Crippen LogP contribution in [0, 0.1) is 17.8 Å². The number of hydrogen-bond acceptors (Lipinski definition) is 10. The van der Waals surface area contributed by atoms with Crippen LogP contribution in [0.1, 0.15) is 45.0 Å². The maximum Gasteiger partial charge on any atom is 0.338 e. The fraction of sp³-hybridized carbons (Fsp3) is 0.621. The van der Waals surface area contributed by atoms with Gasteiger partial charge in [0.05, 0.1) is 17.3 Å². The van der Waals surface area contributed by atoms with E-state index in [0.717, 1.165) is 0 Å². The molecule has 0 spiro atoms. The highest BCUT2D eigenvalue weighted by atomic mass is 16.9. The predicted octanol–water partition coefficient (Wildman–Crippen LogP) is 0.805. The average Bonchev–Trinajstić information content (AvgIpc) is 3.25. The lowest BCUT2D eigenvalue weighted by atomic mass is 9.52. The van der Waals surface area contributed by atoms with Gasteiger partial charge in [-0.15, -0.1) is 0 Å². The van der Waals surface area contributed by atoms with E-state index in [4.69, 9.17) is 18.9 Å². The Kier molecular flexibility index (Phi) is 5.54. The van der Waals surface area contributed by atoms with E-state index in [1.54, 1.807) is 64.1 Å². The number of rotatable bonds is 3. The molecule has 4 fully saturated rings. The van der Waals surface area contributed by atoms with Crippen LogP contribution in [-0.4, -0.2) is 90.4 Å². The van der Waals surface area contributed by atoms with Gasteiger partial charge in [0.15, 0.2) is 5.60 Å².